The first-order valence-electron chi connectivity index (χ1n) is 3.66. The molecule has 0 radical (unpaired) electrons. The highest BCUT2D eigenvalue weighted by Crippen LogP contribution is 1.95. The van der Waals surface area contributed by atoms with Gasteiger partial charge in [-0.25, -0.2) is 0 Å². The fourth-order valence-corrected chi connectivity index (χ4v) is 1.16. The van der Waals surface area contributed by atoms with E-state index in [-0.39, 0.29) is 6.61 Å². The molecule has 0 aliphatic heterocycles. The summed E-state index contributed by atoms with van der Waals surface area (Å²) in [6.45, 7) is 2.15. The average molecular weight is 210 g/mol. The number of aliphatic hydroxyl groups is 1. The molecule has 0 saturated heterocycles. The van der Waals surface area contributed by atoms with Crippen LogP contribution in [0.4, 0.5) is 0 Å². The number of nitrogens with zero attached hydrogens (tertiary/aromatic N) is 1. The summed E-state index contributed by atoms with van der Waals surface area (Å²) >= 11 is 3.37. The number of aliphatic hydroxyl groups excluding tert-OH is 1. The third-order valence-corrected chi connectivity index (χ3v) is 1.97. The van der Waals surface area contributed by atoms with Crippen LogP contribution in [0.2, 0.25) is 0 Å². The molecule has 3 heteroatoms. The van der Waals surface area contributed by atoms with Gasteiger partial charge in [0.1, 0.15) is 0 Å². The smallest absolute Gasteiger partial charge is 0.0558 e. The summed E-state index contributed by atoms with van der Waals surface area (Å²) in [6, 6.07) is 0. The van der Waals surface area contributed by atoms with E-state index in [1.165, 1.54) is 12.8 Å². The largest absolute Gasteiger partial charge is 0.395 e. The molecule has 1 N–H and O–H groups in total. The molecule has 0 aromatic rings. The Kier molecular flexibility index (Phi) is 7.81. The maximum Gasteiger partial charge on any atom is 0.0558 e. The quantitative estimate of drug-likeness (QED) is 0.524. The van der Waals surface area contributed by atoms with Gasteiger partial charge in [0.25, 0.3) is 0 Å². The molecule has 0 aromatic heterocycles. The topological polar surface area (TPSA) is 23.5 Å². The maximum atomic E-state index is 8.54. The van der Waals surface area contributed by atoms with E-state index < -0.39 is 0 Å². The van der Waals surface area contributed by atoms with Crippen LogP contribution in [0.3, 0.4) is 0 Å². The highest BCUT2D eigenvalue weighted by molar-refractivity contribution is 9.09. The summed E-state index contributed by atoms with van der Waals surface area (Å²) in [5.41, 5.74) is 0. The highest BCUT2D eigenvalue weighted by Gasteiger charge is 1.94. The van der Waals surface area contributed by atoms with Gasteiger partial charge < -0.3 is 10.0 Å². The fourth-order valence-electron chi connectivity index (χ4n) is 0.759. The van der Waals surface area contributed by atoms with Crippen LogP contribution in [0.25, 0.3) is 0 Å². The Bertz CT molecular complexity index is 70.6. The Morgan fingerprint density at radius 1 is 1.30 bits per heavy atom. The summed E-state index contributed by atoms with van der Waals surface area (Å²) < 4.78 is 0. The molecular formula is C7H16BrNO. The van der Waals surface area contributed by atoms with E-state index in [1.54, 1.807) is 0 Å². The molecule has 0 atom stereocenters. The third-order valence-electron chi connectivity index (χ3n) is 1.41. The molecule has 0 aliphatic carbocycles. The second kappa shape index (κ2) is 7.51. The highest BCUT2D eigenvalue weighted by atomic mass is 79.9. The molecule has 0 fully saturated rings. The summed E-state index contributed by atoms with van der Waals surface area (Å²) in [5, 5.41) is 9.63. The van der Waals surface area contributed by atoms with E-state index in [0.717, 1.165) is 18.4 Å². The Balaban J connectivity index is 2.97. The second-order valence-electron chi connectivity index (χ2n) is 2.42. The van der Waals surface area contributed by atoms with Gasteiger partial charge in [-0.1, -0.05) is 15.9 Å². The average Bonchev–Trinajstić information content (AvgIpc) is 1.89. The SMILES string of the molecule is CN(CCO)CCCCBr. The Morgan fingerprint density at radius 3 is 2.50 bits per heavy atom. The van der Waals surface area contributed by atoms with Gasteiger partial charge in [-0.05, 0) is 26.4 Å². The predicted octanol–water partition coefficient (Wildman–Crippen LogP) is 1.09. The van der Waals surface area contributed by atoms with Crippen molar-refractivity contribution in [1.82, 2.24) is 4.90 Å². The van der Waals surface area contributed by atoms with Crippen molar-refractivity contribution in [3.63, 3.8) is 0 Å². The number of halogens is 1. The number of rotatable bonds is 6. The van der Waals surface area contributed by atoms with E-state index in [2.05, 4.69) is 20.8 Å². The van der Waals surface area contributed by atoms with Crippen molar-refractivity contribution in [3.8, 4) is 0 Å². The Hall–Kier alpha value is 0.400. The maximum absolute atomic E-state index is 8.54. The number of hydrogen-bond donors (Lipinski definition) is 1. The van der Waals surface area contributed by atoms with Crippen LogP contribution in [0.5, 0.6) is 0 Å². The van der Waals surface area contributed by atoms with Crippen LogP contribution in [-0.4, -0.2) is 42.1 Å². The monoisotopic (exact) mass is 209 g/mol. The van der Waals surface area contributed by atoms with Gasteiger partial charge >= 0.3 is 0 Å². The molecule has 0 aromatic carbocycles. The van der Waals surface area contributed by atoms with Crippen molar-refractivity contribution in [2.24, 2.45) is 0 Å². The Labute approximate surface area is 71.4 Å². The summed E-state index contributed by atoms with van der Waals surface area (Å²) in [6.07, 6.45) is 2.43. The van der Waals surface area contributed by atoms with E-state index in [0.29, 0.717) is 0 Å². The third kappa shape index (κ3) is 6.52. The summed E-state index contributed by atoms with van der Waals surface area (Å²) in [4.78, 5) is 2.14. The van der Waals surface area contributed by atoms with Gasteiger partial charge in [-0.2, -0.15) is 0 Å². The molecule has 0 spiro atoms. The molecule has 0 unspecified atom stereocenters. The first-order valence-corrected chi connectivity index (χ1v) is 4.78. The lowest BCUT2D eigenvalue weighted by Gasteiger charge is -2.13. The molecule has 0 heterocycles. The van der Waals surface area contributed by atoms with Crippen LogP contribution in [0, 0.1) is 0 Å². The lowest BCUT2D eigenvalue weighted by atomic mass is 10.3. The number of alkyl halides is 1. The van der Waals surface area contributed by atoms with Gasteiger partial charge in [-0.15, -0.1) is 0 Å². The number of unbranched alkanes of at least 4 members (excludes halogenated alkanes) is 1. The molecular weight excluding hydrogens is 194 g/mol. The van der Waals surface area contributed by atoms with Gasteiger partial charge in [0.2, 0.25) is 0 Å². The molecule has 0 amide bonds. The van der Waals surface area contributed by atoms with Crippen molar-refractivity contribution < 1.29 is 5.11 Å². The van der Waals surface area contributed by atoms with E-state index in [4.69, 9.17) is 5.11 Å². The van der Waals surface area contributed by atoms with Crippen molar-refractivity contribution in [2.45, 2.75) is 12.8 Å². The van der Waals surface area contributed by atoms with Gasteiger partial charge in [0.05, 0.1) is 6.61 Å². The first kappa shape index (κ1) is 10.4. The molecule has 0 saturated carbocycles. The van der Waals surface area contributed by atoms with Crippen molar-refractivity contribution >= 4 is 15.9 Å². The standard InChI is InChI=1S/C7H16BrNO/c1-9(6-7-10)5-3-2-4-8/h10H,2-7H2,1H3. The van der Waals surface area contributed by atoms with Gasteiger partial charge in [0, 0.05) is 11.9 Å². The minimum atomic E-state index is 0.269. The lowest BCUT2D eigenvalue weighted by molar-refractivity contribution is 0.220. The normalized spacial score (nSPS) is 10.8. The molecule has 10 heavy (non-hydrogen) atoms. The minimum absolute atomic E-state index is 0.269. The van der Waals surface area contributed by atoms with Crippen molar-refractivity contribution in [1.29, 1.82) is 0 Å². The Morgan fingerprint density at radius 2 is 2.00 bits per heavy atom. The van der Waals surface area contributed by atoms with Crippen LogP contribution < -0.4 is 0 Å². The van der Waals surface area contributed by atoms with Gasteiger partial charge in [-0.3, -0.25) is 0 Å². The molecule has 0 aliphatic rings. The fraction of sp³-hybridized carbons (Fsp3) is 1.00. The number of hydrogen-bond acceptors (Lipinski definition) is 2. The predicted molar refractivity (Wildman–Crippen MR) is 47.6 cm³/mol. The zero-order valence-corrected chi connectivity index (χ0v) is 8.10. The molecule has 62 valence electrons. The van der Waals surface area contributed by atoms with Crippen LogP contribution in [-0.2, 0) is 0 Å². The van der Waals surface area contributed by atoms with Crippen LogP contribution in [0.15, 0.2) is 0 Å². The molecule has 0 bridgehead atoms. The zero-order chi connectivity index (χ0) is 7.82. The minimum Gasteiger partial charge on any atom is -0.395 e. The van der Waals surface area contributed by atoms with Gasteiger partial charge in [0.15, 0.2) is 0 Å². The first-order chi connectivity index (χ1) is 4.81. The lowest BCUT2D eigenvalue weighted by Crippen LogP contribution is -2.23. The van der Waals surface area contributed by atoms with E-state index in [1.807, 2.05) is 7.05 Å². The van der Waals surface area contributed by atoms with E-state index >= 15 is 0 Å². The zero-order valence-electron chi connectivity index (χ0n) is 6.52. The molecule has 0 rings (SSSR count). The second-order valence-corrected chi connectivity index (χ2v) is 3.22. The van der Waals surface area contributed by atoms with Crippen LogP contribution >= 0.6 is 15.9 Å². The molecule has 2 nitrogen and oxygen atoms in total. The van der Waals surface area contributed by atoms with Crippen molar-refractivity contribution in [2.75, 3.05) is 32.1 Å². The number of likely N-dealkylation sites (N-methyl/N-ethyl adjacent to an activating group) is 1. The van der Waals surface area contributed by atoms with E-state index in [9.17, 15) is 0 Å². The summed E-state index contributed by atoms with van der Waals surface area (Å²) in [7, 11) is 2.03. The van der Waals surface area contributed by atoms with Crippen molar-refractivity contribution in [3.05, 3.63) is 0 Å². The summed E-state index contributed by atoms with van der Waals surface area (Å²) in [5.74, 6) is 0. The van der Waals surface area contributed by atoms with Crippen LogP contribution in [0.1, 0.15) is 12.8 Å².